The lowest BCUT2D eigenvalue weighted by Gasteiger charge is -2.35. The van der Waals surface area contributed by atoms with Gasteiger partial charge in [0.1, 0.15) is 0 Å². The lowest BCUT2D eigenvalue weighted by molar-refractivity contribution is -0.125. The standard InChI is InChI=1S/C20H35N7O/c1-4-25-11-13-27(14-12-25)20-22-15-18(16-23-20)26-8-5-17(6-9-26)19(28)21-7-10-24(2)3/h15-17H,4-14H2,1-3H3,(H,21,28). The first-order chi connectivity index (χ1) is 13.6. The molecule has 2 saturated heterocycles. The molecule has 0 saturated carbocycles. The molecule has 28 heavy (non-hydrogen) atoms. The Bertz CT molecular complexity index is 605. The third-order valence-corrected chi connectivity index (χ3v) is 5.82. The number of amides is 1. The van der Waals surface area contributed by atoms with Gasteiger partial charge in [-0.3, -0.25) is 4.79 Å². The number of anilines is 2. The highest BCUT2D eigenvalue weighted by Crippen LogP contribution is 2.23. The highest BCUT2D eigenvalue weighted by atomic mass is 16.1. The molecule has 0 atom stereocenters. The molecule has 2 aliphatic rings. The number of nitrogens with zero attached hydrogens (tertiary/aromatic N) is 6. The maximum absolute atomic E-state index is 12.3. The molecule has 8 heteroatoms. The number of rotatable bonds is 7. The van der Waals surface area contributed by atoms with E-state index in [2.05, 4.69) is 41.8 Å². The summed E-state index contributed by atoms with van der Waals surface area (Å²) in [6.45, 7) is 10.8. The van der Waals surface area contributed by atoms with Crippen LogP contribution in [0.1, 0.15) is 19.8 Å². The van der Waals surface area contributed by atoms with Crippen molar-refractivity contribution >= 4 is 17.5 Å². The quantitative estimate of drug-likeness (QED) is 0.729. The average molecular weight is 390 g/mol. The predicted octanol–water partition coefficient (Wildman–Crippen LogP) is 0.513. The summed E-state index contributed by atoms with van der Waals surface area (Å²) in [6, 6.07) is 0. The molecule has 1 amide bonds. The zero-order chi connectivity index (χ0) is 19.9. The minimum absolute atomic E-state index is 0.119. The minimum atomic E-state index is 0.119. The summed E-state index contributed by atoms with van der Waals surface area (Å²) < 4.78 is 0. The first-order valence-electron chi connectivity index (χ1n) is 10.5. The maximum Gasteiger partial charge on any atom is 0.225 e. The zero-order valence-electron chi connectivity index (χ0n) is 17.6. The Balaban J connectivity index is 1.45. The molecule has 8 nitrogen and oxygen atoms in total. The number of carbonyl (C=O) groups is 1. The normalized spacial score (nSPS) is 19.3. The van der Waals surface area contributed by atoms with E-state index in [9.17, 15) is 4.79 Å². The molecule has 0 radical (unpaired) electrons. The molecule has 0 aromatic carbocycles. The molecular weight excluding hydrogens is 354 g/mol. The van der Waals surface area contributed by atoms with Crippen LogP contribution in [0.15, 0.2) is 12.4 Å². The van der Waals surface area contributed by atoms with Crippen molar-refractivity contribution in [2.45, 2.75) is 19.8 Å². The number of piperazine rings is 1. The average Bonchev–Trinajstić information content (AvgIpc) is 2.74. The zero-order valence-corrected chi connectivity index (χ0v) is 17.6. The van der Waals surface area contributed by atoms with E-state index in [0.29, 0.717) is 6.54 Å². The van der Waals surface area contributed by atoms with Crippen molar-refractivity contribution in [2.75, 3.05) is 82.8 Å². The fraction of sp³-hybridized carbons (Fsp3) is 0.750. The van der Waals surface area contributed by atoms with Crippen LogP contribution in [0, 0.1) is 5.92 Å². The fourth-order valence-electron chi connectivity index (χ4n) is 3.85. The van der Waals surface area contributed by atoms with E-state index in [0.717, 1.165) is 76.8 Å². The molecule has 0 aliphatic carbocycles. The molecule has 2 aliphatic heterocycles. The van der Waals surface area contributed by atoms with Crippen LogP contribution in [0.5, 0.6) is 0 Å². The van der Waals surface area contributed by atoms with Crippen LogP contribution in [0.25, 0.3) is 0 Å². The van der Waals surface area contributed by atoms with E-state index in [-0.39, 0.29) is 11.8 Å². The number of carbonyl (C=O) groups excluding carboxylic acids is 1. The number of hydrogen-bond donors (Lipinski definition) is 1. The summed E-state index contributed by atoms with van der Waals surface area (Å²) in [5, 5.41) is 3.06. The summed E-state index contributed by atoms with van der Waals surface area (Å²) in [6.07, 6.45) is 5.64. The molecule has 1 aromatic rings. The largest absolute Gasteiger partial charge is 0.369 e. The number of piperidine rings is 1. The van der Waals surface area contributed by atoms with Gasteiger partial charge in [-0.15, -0.1) is 0 Å². The van der Waals surface area contributed by atoms with Gasteiger partial charge >= 0.3 is 0 Å². The van der Waals surface area contributed by atoms with Gasteiger partial charge in [-0.25, -0.2) is 9.97 Å². The summed E-state index contributed by atoms with van der Waals surface area (Å²) in [5.74, 6) is 1.14. The summed E-state index contributed by atoms with van der Waals surface area (Å²) >= 11 is 0. The van der Waals surface area contributed by atoms with Crippen LogP contribution in [-0.2, 0) is 4.79 Å². The molecule has 2 fully saturated rings. The Morgan fingerprint density at radius 2 is 1.71 bits per heavy atom. The van der Waals surface area contributed by atoms with E-state index in [1.807, 2.05) is 26.5 Å². The Kier molecular flexibility index (Phi) is 7.44. The predicted molar refractivity (Wildman–Crippen MR) is 113 cm³/mol. The van der Waals surface area contributed by atoms with Crippen LogP contribution < -0.4 is 15.1 Å². The second-order valence-electron chi connectivity index (χ2n) is 8.02. The lowest BCUT2D eigenvalue weighted by Crippen LogP contribution is -2.46. The first kappa shape index (κ1) is 20.8. The highest BCUT2D eigenvalue weighted by molar-refractivity contribution is 5.79. The topological polar surface area (TPSA) is 67.8 Å². The van der Waals surface area contributed by atoms with Crippen molar-refractivity contribution in [1.82, 2.24) is 25.1 Å². The van der Waals surface area contributed by atoms with Gasteiger partial charge in [-0.05, 0) is 33.5 Å². The minimum Gasteiger partial charge on any atom is -0.369 e. The molecule has 0 bridgehead atoms. The van der Waals surface area contributed by atoms with Crippen molar-refractivity contribution in [3.8, 4) is 0 Å². The number of likely N-dealkylation sites (N-methyl/N-ethyl adjacent to an activating group) is 2. The van der Waals surface area contributed by atoms with Gasteiger partial charge in [0.2, 0.25) is 11.9 Å². The maximum atomic E-state index is 12.3. The van der Waals surface area contributed by atoms with Crippen molar-refractivity contribution in [3.63, 3.8) is 0 Å². The fourth-order valence-corrected chi connectivity index (χ4v) is 3.85. The molecule has 1 N–H and O–H groups in total. The summed E-state index contributed by atoms with van der Waals surface area (Å²) in [7, 11) is 4.03. The summed E-state index contributed by atoms with van der Waals surface area (Å²) in [5.41, 5.74) is 1.06. The van der Waals surface area contributed by atoms with Gasteiger partial charge in [0.15, 0.2) is 0 Å². The van der Waals surface area contributed by atoms with E-state index in [4.69, 9.17) is 0 Å². The van der Waals surface area contributed by atoms with Gasteiger partial charge in [0.25, 0.3) is 0 Å². The van der Waals surface area contributed by atoms with E-state index in [1.165, 1.54) is 0 Å². The Labute approximate surface area is 168 Å². The number of hydrogen-bond acceptors (Lipinski definition) is 7. The molecule has 1 aromatic heterocycles. The molecule has 156 valence electrons. The van der Waals surface area contributed by atoms with Gasteiger partial charge in [-0.2, -0.15) is 0 Å². The van der Waals surface area contributed by atoms with Crippen molar-refractivity contribution in [2.24, 2.45) is 5.92 Å². The second kappa shape index (κ2) is 10.0. The Morgan fingerprint density at radius 3 is 2.29 bits per heavy atom. The Morgan fingerprint density at radius 1 is 1.07 bits per heavy atom. The number of nitrogens with one attached hydrogen (secondary N) is 1. The molecule has 0 spiro atoms. The Hall–Kier alpha value is -1.93. The molecule has 3 rings (SSSR count). The highest BCUT2D eigenvalue weighted by Gasteiger charge is 2.25. The SMILES string of the molecule is CCN1CCN(c2ncc(N3CCC(C(=O)NCCN(C)C)CC3)cn2)CC1. The van der Waals surface area contributed by atoms with Gasteiger partial charge in [-0.1, -0.05) is 6.92 Å². The summed E-state index contributed by atoms with van der Waals surface area (Å²) in [4.78, 5) is 30.6. The van der Waals surface area contributed by atoms with E-state index < -0.39 is 0 Å². The van der Waals surface area contributed by atoms with Crippen LogP contribution in [0.4, 0.5) is 11.6 Å². The van der Waals surface area contributed by atoms with Crippen molar-refractivity contribution in [1.29, 1.82) is 0 Å². The molecule has 3 heterocycles. The van der Waals surface area contributed by atoms with Gasteiger partial charge in [0, 0.05) is 58.3 Å². The lowest BCUT2D eigenvalue weighted by atomic mass is 9.95. The van der Waals surface area contributed by atoms with E-state index in [1.54, 1.807) is 0 Å². The number of aromatic nitrogens is 2. The van der Waals surface area contributed by atoms with Crippen molar-refractivity contribution < 1.29 is 4.79 Å². The monoisotopic (exact) mass is 389 g/mol. The van der Waals surface area contributed by atoms with Crippen LogP contribution in [0.2, 0.25) is 0 Å². The smallest absolute Gasteiger partial charge is 0.225 e. The second-order valence-corrected chi connectivity index (χ2v) is 8.02. The molecule has 0 unspecified atom stereocenters. The third kappa shape index (κ3) is 5.54. The third-order valence-electron chi connectivity index (χ3n) is 5.82. The van der Waals surface area contributed by atoms with Crippen molar-refractivity contribution in [3.05, 3.63) is 12.4 Å². The van der Waals surface area contributed by atoms with Crippen LogP contribution >= 0.6 is 0 Å². The first-order valence-corrected chi connectivity index (χ1v) is 10.5. The van der Waals surface area contributed by atoms with Gasteiger partial charge < -0.3 is 24.9 Å². The molecular formula is C20H35N7O. The van der Waals surface area contributed by atoms with Crippen LogP contribution in [0.3, 0.4) is 0 Å². The van der Waals surface area contributed by atoms with Gasteiger partial charge in [0.05, 0.1) is 18.1 Å². The van der Waals surface area contributed by atoms with Crippen LogP contribution in [-0.4, -0.2) is 98.7 Å². The van der Waals surface area contributed by atoms with E-state index >= 15 is 0 Å².